The Balaban J connectivity index is 2.74. The predicted octanol–water partition coefficient (Wildman–Crippen LogP) is 1.34. The summed E-state index contributed by atoms with van der Waals surface area (Å²) in [4.78, 5) is 4.52. The van der Waals surface area contributed by atoms with Gasteiger partial charge in [0.2, 0.25) is 0 Å². The van der Waals surface area contributed by atoms with Crippen molar-refractivity contribution in [3.63, 3.8) is 0 Å². The van der Waals surface area contributed by atoms with Gasteiger partial charge in [-0.1, -0.05) is 6.07 Å². The molecule has 0 unspecified atom stereocenters. The molecular formula is C8H11NO2. The van der Waals surface area contributed by atoms with E-state index in [9.17, 15) is 0 Å². The van der Waals surface area contributed by atoms with Gasteiger partial charge in [0.25, 0.3) is 0 Å². The van der Waals surface area contributed by atoms with Crippen LogP contribution in [0.3, 0.4) is 0 Å². The number of rotatable bonds is 3. The van der Waals surface area contributed by atoms with Crippen molar-refractivity contribution in [1.82, 2.24) is 0 Å². The topological polar surface area (TPSA) is 44.5 Å². The van der Waals surface area contributed by atoms with Crippen molar-refractivity contribution >= 4 is 0 Å². The van der Waals surface area contributed by atoms with E-state index in [-0.39, 0.29) is 0 Å². The Morgan fingerprint density at radius 2 is 2.09 bits per heavy atom. The van der Waals surface area contributed by atoms with Crippen molar-refractivity contribution in [1.29, 1.82) is 0 Å². The number of benzene rings is 1. The average molecular weight is 153 g/mol. The molecule has 0 aliphatic rings. The van der Waals surface area contributed by atoms with Crippen molar-refractivity contribution in [2.75, 3.05) is 6.61 Å². The van der Waals surface area contributed by atoms with Gasteiger partial charge in [-0.2, -0.15) is 5.90 Å². The maximum atomic E-state index is 5.21. The molecule has 60 valence electrons. The number of hydrogen-bond donors (Lipinski definition) is 1. The van der Waals surface area contributed by atoms with E-state index in [2.05, 4.69) is 4.84 Å². The first-order valence-electron chi connectivity index (χ1n) is 3.46. The molecule has 0 spiro atoms. The molecule has 0 radical (unpaired) electrons. The molecular weight excluding hydrogens is 142 g/mol. The first kappa shape index (κ1) is 7.88. The van der Waals surface area contributed by atoms with Gasteiger partial charge in [0.15, 0.2) is 5.75 Å². The van der Waals surface area contributed by atoms with Gasteiger partial charge in [-0.05, 0) is 19.1 Å². The van der Waals surface area contributed by atoms with Gasteiger partial charge in [0, 0.05) is 6.07 Å². The molecule has 0 saturated carbocycles. The first-order valence-corrected chi connectivity index (χ1v) is 3.46. The summed E-state index contributed by atoms with van der Waals surface area (Å²) in [6.45, 7) is 2.57. The van der Waals surface area contributed by atoms with Crippen LogP contribution in [0, 0.1) is 0 Å². The molecule has 0 aliphatic carbocycles. The van der Waals surface area contributed by atoms with E-state index >= 15 is 0 Å². The minimum atomic E-state index is 0.607. The second kappa shape index (κ2) is 3.83. The third-order valence-electron chi connectivity index (χ3n) is 1.25. The van der Waals surface area contributed by atoms with Crippen LogP contribution in [-0.2, 0) is 0 Å². The molecule has 0 amide bonds. The summed E-state index contributed by atoms with van der Waals surface area (Å²) in [5, 5.41) is 0. The molecule has 3 heteroatoms. The normalized spacial score (nSPS) is 9.27. The Morgan fingerprint density at radius 3 is 2.73 bits per heavy atom. The van der Waals surface area contributed by atoms with Crippen LogP contribution in [0.2, 0.25) is 0 Å². The molecule has 0 bridgehead atoms. The van der Waals surface area contributed by atoms with Crippen molar-refractivity contribution in [2.24, 2.45) is 5.90 Å². The maximum absolute atomic E-state index is 5.21. The van der Waals surface area contributed by atoms with Gasteiger partial charge in [-0.15, -0.1) is 0 Å². The molecule has 1 rings (SSSR count). The highest BCUT2D eigenvalue weighted by atomic mass is 16.6. The Bertz CT molecular complexity index is 225. The summed E-state index contributed by atoms with van der Waals surface area (Å²) in [6, 6.07) is 7.19. The highest BCUT2D eigenvalue weighted by Crippen LogP contribution is 2.17. The molecule has 0 atom stereocenters. The van der Waals surface area contributed by atoms with Crippen LogP contribution in [0.5, 0.6) is 11.5 Å². The lowest BCUT2D eigenvalue weighted by Gasteiger charge is -2.03. The van der Waals surface area contributed by atoms with Crippen LogP contribution >= 0.6 is 0 Å². The van der Waals surface area contributed by atoms with Crippen LogP contribution in [0.15, 0.2) is 24.3 Å². The quantitative estimate of drug-likeness (QED) is 0.666. The first-order chi connectivity index (χ1) is 5.36. The maximum Gasteiger partial charge on any atom is 0.150 e. The molecule has 2 N–H and O–H groups in total. The van der Waals surface area contributed by atoms with Crippen molar-refractivity contribution in [3.8, 4) is 11.5 Å². The highest BCUT2D eigenvalue weighted by molar-refractivity contribution is 5.32. The van der Waals surface area contributed by atoms with E-state index < -0.39 is 0 Å². The third-order valence-corrected chi connectivity index (χ3v) is 1.25. The van der Waals surface area contributed by atoms with Crippen LogP contribution < -0.4 is 15.5 Å². The van der Waals surface area contributed by atoms with E-state index in [1.165, 1.54) is 0 Å². The lowest BCUT2D eigenvalue weighted by atomic mass is 10.3. The second-order valence-corrected chi connectivity index (χ2v) is 2.03. The van der Waals surface area contributed by atoms with Crippen LogP contribution in [0.25, 0.3) is 0 Å². The molecule has 0 fully saturated rings. The summed E-state index contributed by atoms with van der Waals surface area (Å²) < 4.78 is 5.21. The fraction of sp³-hybridized carbons (Fsp3) is 0.250. The van der Waals surface area contributed by atoms with Gasteiger partial charge < -0.3 is 9.57 Å². The van der Waals surface area contributed by atoms with E-state index in [1.54, 1.807) is 12.1 Å². The minimum absolute atomic E-state index is 0.607. The average Bonchev–Trinajstić information content (AvgIpc) is 2.06. The summed E-state index contributed by atoms with van der Waals surface area (Å²) in [5.41, 5.74) is 0. The van der Waals surface area contributed by atoms with Crippen LogP contribution in [0.4, 0.5) is 0 Å². The number of nitrogens with two attached hydrogens (primary N) is 1. The molecule has 1 aromatic rings. The SMILES string of the molecule is CCOc1cccc(ON)c1. The summed E-state index contributed by atoms with van der Waals surface area (Å²) >= 11 is 0. The molecule has 0 heterocycles. The Hall–Kier alpha value is -1.22. The monoisotopic (exact) mass is 153 g/mol. The molecule has 3 nitrogen and oxygen atoms in total. The van der Waals surface area contributed by atoms with E-state index in [4.69, 9.17) is 10.6 Å². The van der Waals surface area contributed by atoms with E-state index in [0.717, 1.165) is 5.75 Å². The summed E-state index contributed by atoms with van der Waals surface area (Å²) in [5.74, 6) is 6.34. The fourth-order valence-electron chi connectivity index (χ4n) is 0.804. The van der Waals surface area contributed by atoms with Gasteiger partial charge >= 0.3 is 0 Å². The van der Waals surface area contributed by atoms with Crippen LogP contribution in [0.1, 0.15) is 6.92 Å². The number of ether oxygens (including phenoxy) is 1. The van der Waals surface area contributed by atoms with E-state index in [0.29, 0.717) is 12.4 Å². The molecule has 1 aromatic carbocycles. The highest BCUT2D eigenvalue weighted by Gasteiger charge is 1.93. The van der Waals surface area contributed by atoms with Crippen molar-refractivity contribution in [3.05, 3.63) is 24.3 Å². The van der Waals surface area contributed by atoms with Crippen molar-refractivity contribution in [2.45, 2.75) is 6.92 Å². The molecule has 0 aromatic heterocycles. The molecule has 11 heavy (non-hydrogen) atoms. The smallest absolute Gasteiger partial charge is 0.150 e. The lowest BCUT2D eigenvalue weighted by Crippen LogP contribution is -2.01. The van der Waals surface area contributed by atoms with Gasteiger partial charge in [0.05, 0.1) is 6.61 Å². The fourth-order valence-corrected chi connectivity index (χ4v) is 0.804. The van der Waals surface area contributed by atoms with E-state index in [1.807, 2.05) is 19.1 Å². The zero-order chi connectivity index (χ0) is 8.10. The predicted molar refractivity (Wildman–Crippen MR) is 42.4 cm³/mol. The zero-order valence-electron chi connectivity index (χ0n) is 6.41. The standard InChI is InChI=1S/C8H11NO2/c1-2-10-7-4-3-5-8(6-7)11-9/h3-6H,2,9H2,1H3. The van der Waals surface area contributed by atoms with Gasteiger partial charge in [-0.3, -0.25) is 0 Å². The third kappa shape index (κ3) is 2.13. The summed E-state index contributed by atoms with van der Waals surface area (Å²) in [7, 11) is 0. The molecule has 0 saturated heterocycles. The zero-order valence-corrected chi connectivity index (χ0v) is 6.41. The lowest BCUT2D eigenvalue weighted by molar-refractivity contribution is 0.320. The van der Waals surface area contributed by atoms with Crippen LogP contribution in [-0.4, -0.2) is 6.61 Å². The Kier molecular flexibility index (Phi) is 2.74. The largest absolute Gasteiger partial charge is 0.494 e. The Labute approximate surface area is 65.7 Å². The van der Waals surface area contributed by atoms with Gasteiger partial charge in [0.1, 0.15) is 5.75 Å². The minimum Gasteiger partial charge on any atom is -0.494 e. The summed E-state index contributed by atoms with van der Waals surface area (Å²) in [6.07, 6.45) is 0. The molecule has 0 aliphatic heterocycles. The number of hydrogen-bond acceptors (Lipinski definition) is 3. The Morgan fingerprint density at radius 1 is 1.36 bits per heavy atom. The van der Waals surface area contributed by atoms with Crippen molar-refractivity contribution < 1.29 is 9.57 Å². The van der Waals surface area contributed by atoms with Gasteiger partial charge in [-0.25, -0.2) is 0 Å². The second-order valence-electron chi connectivity index (χ2n) is 2.03.